The van der Waals surface area contributed by atoms with Crippen molar-refractivity contribution in [2.45, 2.75) is 20.4 Å². The van der Waals surface area contributed by atoms with Gasteiger partial charge in [0.1, 0.15) is 12.3 Å². The molecule has 2 aromatic carbocycles. The molecule has 0 spiro atoms. The molecule has 0 atom stereocenters. The van der Waals surface area contributed by atoms with Crippen LogP contribution in [-0.2, 0) is 11.3 Å². The number of aryl methyl sites for hydroxylation is 2. The average molecular weight is 401 g/mol. The van der Waals surface area contributed by atoms with E-state index in [1.807, 2.05) is 26.0 Å². The van der Waals surface area contributed by atoms with Gasteiger partial charge in [0.25, 0.3) is 5.56 Å². The van der Waals surface area contributed by atoms with Gasteiger partial charge in [0.2, 0.25) is 5.91 Å². The van der Waals surface area contributed by atoms with Crippen LogP contribution >= 0.6 is 0 Å². The lowest BCUT2D eigenvalue weighted by Crippen LogP contribution is -2.30. The van der Waals surface area contributed by atoms with Gasteiger partial charge in [0.15, 0.2) is 0 Å². The van der Waals surface area contributed by atoms with E-state index in [0.29, 0.717) is 22.5 Å². The largest absolute Gasteiger partial charge is 0.424 e. The number of hydrogen-bond acceptors (Lipinski definition) is 6. The molecule has 150 valence electrons. The Morgan fingerprint density at radius 3 is 2.50 bits per heavy atom. The van der Waals surface area contributed by atoms with Crippen molar-refractivity contribution in [1.29, 1.82) is 0 Å². The van der Waals surface area contributed by atoms with Crippen LogP contribution in [0.3, 0.4) is 0 Å². The van der Waals surface area contributed by atoms with Gasteiger partial charge in [-0.05, 0) is 49.7 Å². The Labute approximate surface area is 172 Å². The highest BCUT2D eigenvalue weighted by molar-refractivity contribution is 5.91. The molecule has 0 saturated heterocycles. The third-order valence-electron chi connectivity index (χ3n) is 4.57. The van der Waals surface area contributed by atoms with Crippen LogP contribution in [0.1, 0.15) is 11.3 Å². The molecule has 2 heterocycles. The van der Waals surface area contributed by atoms with Crippen LogP contribution in [0.15, 0.2) is 65.7 Å². The van der Waals surface area contributed by atoms with Crippen molar-refractivity contribution in [3.63, 3.8) is 0 Å². The fraction of sp³-hybridized carbons (Fsp3) is 0.136. The number of anilines is 1. The summed E-state index contributed by atoms with van der Waals surface area (Å²) >= 11 is 0. The van der Waals surface area contributed by atoms with Gasteiger partial charge >= 0.3 is 6.01 Å². The van der Waals surface area contributed by atoms with Gasteiger partial charge in [-0.2, -0.15) is 5.10 Å². The Balaban J connectivity index is 1.50. The summed E-state index contributed by atoms with van der Waals surface area (Å²) in [6.07, 6.45) is 3.18. The van der Waals surface area contributed by atoms with Crippen LogP contribution in [0, 0.1) is 13.8 Å². The lowest BCUT2D eigenvalue weighted by Gasteiger charge is -2.12. The van der Waals surface area contributed by atoms with E-state index in [4.69, 9.17) is 4.74 Å². The highest BCUT2D eigenvalue weighted by Crippen LogP contribution is 2.24. The molecule has 0 aliphatic heterocycles. The maximum Gasteiger partial charge on any atom is 0.321 e. The van der Waals surface area contributed by atoms with Crippen molar-refractivity contribution >= 4 is 22.4 Å². The molecule has 2 aromatic heterocycles. The molecule has 8 heteroatoms. The number of carbonyl (C=O) groups excluding carboxylic acids is 1. The van der Waals surface area contributed by atoms with Crippen molar-refractivity contribution < 1.29 is 9.53 Å². The second-order valence-electron chi connectivity index (χ2n) is 6.75. The molecule has 0 unspecified atom stereocenters. The zero-order valence-electron chi connectivity index (χ0n) is 16.5. The molecule has 4 rings (SSSR count). The van der Waals surface area contributed by atoms with Crippen LogP contribution in [0.4, 0.5) is 5.69 Å². The SMILES string of the molecule is Cc1cc(Oc2ncccn2)ccc1NC(=O)Cn1nc(C)c2ccccc2c1=O. The molecule has 0 aliphatic rings. The Morgan fingerprint density at radius 1 is 1.03 bits per heavy atom. The van der Waals surface area contributed by atoms with Crippen LogP contribution in [0.5, 0.6) is 11.8 Å². The highest BCUT2D eigenvalue weighted by Gasteiger charge is 2.12. The highest BCUT2D eigenvalue weighted by atomic mass is 16.5. The number of benzene rings is 2. The summed E-state index contributed by atoms with van der Waals surface area (Å²) in [5.74, 6) is 0.210. The number of fused-ring (bicyclic) bond motifs is 1. The molecule has 0 aliphatic carbocycles. The fourth-order valence-electron chi connectivity index (χ4n) is 3.12. The molecule has 8 nitrogen and oxygen atoms in total. The first-order chi connectivity index (χ1) is 14.5. The molecule has 0 saturated carbocycles. The molecule has 0 fully saturated rings. The number of carbonyl (C=O) groups is 1. The smallest absolute Gasteiger partial charge is 0.321 e. The zero-order valence-corrected chi connectivity index (χ0v) is 16.5. The Bertz CT molecular complexity index is 1290. The molecule has 1 amide bonds. The standard InChI is InChI=1S/C22H19N5O3/c1-14-12-16(30-22-23-10-5-11-24-22)8-9-19(14)25-20(28)13-27-21(29)18-7-4-3-6-17(18)15(2)26-27/h3-12H,13H2,1-2H3,(H,25,28). The Hall–Kier alpha value is -4.07. The summed E-state index contributed by atoms with van der Waals surface area (Å²) < 4.78 is 6.78. The normalized spacial score (nSPS) is 10.7. The molecule has 1 N–H and O–H groups in total. The quantitative estimate of drug-likeness (QED) is 0.551. The Kier molecular flexibility index (Phi) is 5.21. The second-order valence-corrected chi connectivity index (χ2v) is 6.75. The van der Waals surface area contributed by atoms with Crippen LogP contribution < -0.4 is 15.6 Å². The van der Waals surface area contributed by atoms with Gasteiger partial charge in [-0.15, -0.1) is 0 Å². The number of hydrogen-bond donors (Lipinski definition) is 1. The summed E-state index contributed by atoms with van der Waals surface area (Å²) in [7, 11) is 0. The molecule has 4 aromatic rings. The van der Waals surface area contributed by atoms with E-state index in [0.717, 1.165) is 10.9 Å². The fourth-order valence-corrected chi connectivity index (χ4v) is 3.12. The van der Waals surface area contributed by atoms with Gasteiger partial charge in [-0.25, -0.2) is 14.6 Å². The number of amides is 1. The van der Waals surface area contributed by atoms with E-state index in [2.05, 4.69) is 20.4 Å². The number of nitrogens with zero attached hydrogens (tertiary/aromatic N) is 4. The third-order valence-corrected chi connectivity index (χ3v) is 4.57. The summed E-state index contributed by atoms with van der Waals surface area (Å²) in [6, 6.07) is 14.4. The van der Waals surface area contributed by atoms with Crippen molar-refractivity contribution in [2.75, 3.05) is 5.32 Å². The zero-order chi connectivity index (χ0) is 21.1. The van der Waals surface area contributed by atoms with Crippen molar-refractivity contribution in [3.8, 4) is 11.8 Å². The first-order valence-electron chi connectivity index (χ1n) is 9.33. The van der Waals surface area contributed by atoms with Gasteiger partial charge < -0.3 is 10.1 Å². The minimum Gasteiger partial charge on any atom is -0.424 e. The Morgan fingerprint density at radius 2 is 1.77 bits per heavy atom. The number of ether oxygens (including phenoxy) is 1. The van der Waals surface area contributed by atoms with E-state index >= 15 is 0 Å². The molecule has 0 radical (unpaired) electrons. The van der Waals surface area contributed by atoms with Crippen molar-refractivity contribution in [1.82, 2.24) is 19.7 Å². The van der Waals surface area contributed by atoms with E-state index < -0.39 is 0 Å². The van der Waals surface area contributed by atoms with Gasteiger partial charge in [0, 0.05) is 23.5 Å². The van der Waals surface area contributed by atoms with Crippen molar-refractivity contribution in [2.24, 2.45) is 0 Å². The predicted octanol–water partition coefficient (Wildman–Crippen LogP) is 3.23. The summed E-state index contributed by atoms with van der Waals surface area (Å²) in [4.78, 5) is 33.2. The molecule has 30 heavy (non-hydrogen) atoms. The van der Waals surface area contributed by atoms with E-state index in [9.17, 15) is 9.59 Å². The topological polar surface area (TPSA) is 99.0 Å². The minimum atomic E-state index is -0.345. The van der Waals surface area contributed by atoms with Gasteiger partial charge in [0.05, 0.1) is 11.1 Å². The second kappa shape index (κ2) is 8.12. The first kappa shape index (κ1) is 19.3. The van der Waals surface area contributed by atoms with Gasteiger partial charge in [-0.1, -0.05) is 18.2 Å². The lowest BCUT2D eigenvalue weighted by atomic mass is 10.1. The summed E-state index contributed by atoms with van der Waals surface area (Å²) in [6.45, 7) is 3.48. The average Bonchev–Trinajstić information content (AvgIpc) is 2.74. The number of nitrogens with one attached hydrogen (secondary N) is 1. The van der Waals surface area contributed by atoms with Crippen LogP contribution in [0.2, 0.25) is 0 Å². The minimum absolute atomic E-state index is 0.181. The summed E-state index contributed by atoms with van der Waals surface area (Å²) in [5, 5.41) is 8.42. The summed E-state index contributed by atoms with van der Waals surface area (Å²) in [5.41, 5.74) is 1.81. The van der Waals surface area contributed by atoms with Gasteiger partial charge in [-0.3, -0.25) is 9.59 Å². The third kappa shape index (κ3) is 4.02. The molecular weight excluding hydrogens is 382 g/mol. The lowest BCUT2D eigenvalue weighted by molar-refractivity contribution is -0.117. The van der Waals surface area contributed by atoms with Crippen molar-refractivity contribution in [3.05, 3.63) is 82.5 Å². The van der Waals surface area contributed by atoms with Crippen LogP contribution in [0.25, 0.3) is 10.8 Å². The predicted molar refractivity (Wildman–Crippen MR) is 113 cm³/mol. The molecular formula is C22H19N5O3. The van der Waals surface area contributed by atoms with Crippen LogP contribution in [-0.4, -0.2) is 25.7 Å². The maximum atomic E-state index is 12.6. The number of aromatic nitrogens is 4. The van der Waals surface area contributed by atoms with E-state index in [1.165, 1.54) is 4.68 Å². The number of rotatable bonds is 5. The van der Waals surface area contributed by atoms with E-state index in [1.54, 1.807) is 48.8 Å². The monoisotopic (exact) mass is 401 g/mol. The molecule has 0 bridgehead atoms. The first-order valence-corrected chi connectivity index (χ1v) is 9.33. The van der Waals surface area contributed by atoms with E-state index in [-0.39, 0.29) is 24.0 Å². The maximum absolute atomic E-state index is 12.6.